The fraction of sp³-hybridized carbons (Fsp3) is 0.250. The molecule has 1 aliphatic rings. The lowest BCUT2D eigenvalue weighted by Gasteiger charge is -2.34. The van der Waals surface area contributed by atoms with Crippen molar-refractivity contribution in [3.63, 3.8) is 0 Å². The van der Waals surface area contributed by atoms with E-state index in [0.717, 1.165) is 27.8 Å². The van der Waals surface area contributed by atoms with Crippen molar-refractivity contribution in [2.75, 3.05) is 26.2 Å². The summed E-state index contributed by atoms with van der Waals surface area (Å²) in [6.07, 6.45) is 2.20. The Kier molecular flexibility index (Phi) is 4.87. The zero-order valence-electron chi connectivity index (χ0n) is 15.1. The number of aromatic nitrogens is 1. The number of carboxylic acids is 1. The molecule has 1 aromatic carbocycles. The van der Waals surface area contributed by atoms with Gasteiger partial charge in [0.15, 0.2) is 0 Å². The summed E-state index contributed by atoms with van der Waals surface area (Å²) in [5, 5.41) is 10.0. The molecule has 0 bridgehead atoms. The molecule has 0 aliphatic carbocycles. The van der Waals surface area contributed by atoms with E-state index in [0.29, 0.717) is 37.5 Å². The molecule has 4 rings (SSSR count). The van der Waals surface area contributed by atoms with Gasteiger partial charge in [-0.1, -0.05) is 18.2 Å². The minimum absolute atomic E-state index is 0.0427. The number of carbonyl (C=O) groups is 3. The molecular weight excluding hydrogens is 378 g/mol. The van der Waals surface area contributed by atoms with Crippen LogP contribution in [-0.2, 0) is 11.2 Å². The van der Waals surface area contributed by atoms with E-state index in [2.05, 4.69) is 4.98 Å². The molecule has 144 valence electrons. The first kappa shape index (κ1) is 18.2. The van der Waals surface area contributed by atoms with Crippen molar-refractivity contribution in [1.29, 1.82) is 0 Å². The minimum atomic E-state index is -1.03. The molecule has 0 radical (unpaired) electrons. The van der Waals surface area contributed by atoms with Crippen LogP contribution < -0.4 is 0 Å². The van der Waals surface area contributed by atoms with Gasteiger partial charge in [-0.15, -0.1) is 11.3 Å². The van der Waals surface area contributed by atoms with Crippen LogP contribution in [0.3, 0.4) is 0 Å². The van der Waals surface area contributed by atoms with Crippen LogP contribution in [0.15, 0.2) is 42.6 Å². The number of piperazine rings is 1. The number of hydrogen-bond donors (Lipinski definition) is 2. The summed E-state index contributed by atoms with van der Waals surface area (Å²) < 4.78 is 0. The molecule has 1 aliphatic heterocycles. The third-order valence-electron chi connectivity index (χ3n) is 4.96. The van der Waals surface area contributed by atoms with Gasteiger partial charge in [-0.2, -0.15) is 0 Å². The number of H-pyrrole nitrogens is 1. The van der Waals surface area contributed by atoms with E-state index in [4.69, 9.17) is 5.11 Å². The van der Waals surface area contributed by atoms with Gasteiger partial charge in [-0.25, -0.2) is 4.79 Å². The molecule has 1 saturated heterocycles. The minimum Gasteiger partial charge on any atom is -0.477 e. The molecule has 3 aromatic rings. The maximum atomic E-state index is 12.7. The topological polar surface area (TPSA) is 93.7 Å². The molecule has 0 saturated carbocycles. The SMILES string of the molecule is O=C(O)c1ccc(C(=O)N2CCN(C(=O)Cc3c[nH]c4ccccc34)CC2)s1. The van der Waals surface area contributed by atoms with Gasteiger partial charge in [0, 0.05) is 43.3 Å². The Hall–Kier alpha value is -3.13. The van der Waals surface area contributed by atoms with Gasteiger partial charge in [0.25, 0.3) is 5.91 Å². The maximum absolute atomic E-state index is 12.7. The van der Waals surface area contributed by atoms with Crippen molar-refractivity contribution < 1.29 is 19.5 Å². The van der Waals surface area contributed by atoms with Crippen LogP contribution in [-0.4, -0.2) is 63.9 Å². The highest BCUT2D eigenvalue weighted by Gasteiger charge is 2.26. The lowest BCUT2D eigenvalue weighted by Crippen LogP contribution is -2.50. The summed E-state index contributed by atoms with van der Waals surface area (Å²) in [4.78, 5) is 43.4. The first-order chi connectivity index (χ1) is 13.5. The Bertz CT molecular complexity index is 1050. The first-order valence-corrected chi connectivity index (χ1v) is 9.80. The van der Waals surface area contributed by atoms with E-state index in [1.807, 2.05) is 30.5 Å². The number of benzene rings is 1. The summed E-state index contributed by atoms with van der Waals surface area (Å²) >= 11 is 0.979. The first-order valence-electron chi connectivity index (χ1n) is 8.98. The molecule has 2 aromatic heterocycles. The highest BCUT2D eigenvalue weighted by Crippen LogP contribution is 2.21. The quantitative estimate of drug-likeness (QED) is 0.707. The number of nitrogens with zero attached hydrogens (tertiary/aromatic N) is 2. The Morgan fingerprint density at radius 3 is 2.36 bits per heavy atom. The van der Waals surface area contributed by atoms with Crippen molar-refractivity contribution in [1.82, 2.24) is 14.8 Å². The third-order valence-corrected chi connectivity index (χ3v) is 6.02. The number of para-hydroxylation sites is 1. The molecule has 8 heteroatoms. The van der Waals surface area contributed by atoms with Crippen molar-refractivity contribution in [3.05, 3.63) is 57.9 Å². The molecule has 0 atom stereocenters. The molecule has 2 amide bonds. The van der Waals surface area contributed by atoms with E-state index in [1.165, 1.54) is 6.07 Å². The van der Waals surface area contributed by atoms with E-state index in [-0.39, 0.29) is 16.7 Å². The highest BCUT2D eigenvalue weighted by molar-refractivity contribution is 7.15. The molecule has 1 fully saturated rings. The van der Waals surface area contributed by atoms with Gasteiger partial charge in [-0.05, 0) is 23.8 Å². The molecular formula is C20H19N3O4S. The lowest BCUT2D eigenvalue weighted by atomic mass is 10.1. The van der Waals surface area contributed by atoms with Gasteiger partial charge in [0.05, 0.1) is 11.3 Å². The number of aromatic carboxylic acids is 1. The van der Waals surface area contributed by atoms with Crippen LogP contribution in [0.4, 0.5) is 0 Å². The van der Waals surface area contributed by atoms with E-state index >= 15 is 0 Å². The number of hydrogen-bond acceptors (Lipinski definition) is 4. The van der Waals surface area contributed by atoms with Crippen molar-refractivity contribution in [3.8, 4) is 0 Å². The molecule has 3 heterocycles. The molecule has 0 spiro atoms. The van der Waals surface area contributed by atoms with Crippen LogP contribution >= 0.6 is 11.3 Å². The number of carbonyl (C=O) groups excluding carboxylic acids is 2. The number of fused-ring (bicyclic) bond motifs is 1. The molecule has 28 heavy (non-hydrogen) atoms. The van der Waals surface area contributed by atoms with Gasteiger partial charge in [-0.3, -0.25) is 9.59 Å². The molecule has 0 unspecified atom stereocenters. The summed E-state index contributed by atoms with van der Waals surface area (Å²) in [5.41, 5.74) is 1.98. The van der Waals surface area contributed by atoms with E-state index in [1.54, 1.807) is 15.9 Å². The van der Waals surface area contributed by atoms with Gasteiger partial charge >= 0.3 is 5.97 Å². The van der Waals surface area contributed by atoms with Crippen molar-refractivity contribution >= 4 is 40.0 Å². The largest absolute Gasteiger partial charge is 0.477 e. The van der Waals surface area contributed by atoms with Crippen LogP contribution in [0, 0.1) is 0 Å². The van der Waals surface area contributed by atoms with Gasteiger partial charge in [0.1, 0.15) is 4.88 Å². The lowest BCUT2D eigenvalue weighted by molar-refractivity contribution is -0.131. The summed E-state index contributed by atoms with van der Waals surface area (Å²) in [6, 6.07) is 10.9. The highest BCUT2D eigenvalue weighted by atomic mass is 32.1. The zero-order chi connectivity index (χ0) is 19.7. The van der Waals surface area contributed by atoms with Gasteiger partial charge in [0.2, 0.25) is 5.91 Å². The third kappa shape index (κ3) is 3.50. The van der Waals surface area contributed by atoms with E-state index in [9.17, 15) is 14.4 Å². The second kappa shape index (κ2) is 7.47. The predicted molar refractivity (Wildman–Crippen MR) is 106 cm³/mol. The number of nitrogens with one attached hydrogen (secondary N) is 1. The van der Waals surface area contributed by atoms with Crippen LogP contribution in [0.1, 0.15) is 24.9 Å². The second-order valence-corrected chi connectivity index (χ2v) is 7.76. The van der Waals surface area contributed by atoms with Crippen molar-refractivity contribution in [2.45, 2.75) is 6.42 Å². The Labute approximate surface area is 165 Å². The fourth-order valence-corrected chi connectivity index (χ4v) is 4.25. The maximum Gasteiger partial charge on any atom is 0.345 e. The van der Waals surface area contributed by atoms with Crippen LogP contribution in [0.2, 0.25) is 0 Å². The van der Waals surface area contributed by atoms with Gasteiger partial charge < -0.3 is 19.9 Å². The Morgan fingerprint density at radius 1 is 0.964 bits per heavy atom. The predicted octanol–water partition coefficient (Wildman–Crippen LogP) is 2.45. The second-order valence-electron chi connectivity index (χ2n) is 6.68. The number of amides is 2. The number of thiophene rings is 1. The molecule has 2 N–H and O–H groups in total. The van der Waals surface area contributed by atoms with Crippen LogP contribution in [0.25, 0.3) is 10.9 Å². The van der Waals surface area contributed by atoms with Crippen molar-refractivity contribution in [2.24, 2.45) is 0 Å². The summed E-state index contributed by atoms with van der Waals surface area (Å²) in [5.74, 6) is -1.17. The summed E-state index contributed by atoms with van der Waals surface area (Å²) in [7, 11) is 0. The monoisotopic (exact) mass is 397 g/mol. The van der Waals surface area contributed by atoms with Crippen LogP contribution in [0.5, 0.6) is 0 Å². The smallest absolute Gasteiger partial charge is 0.345 e. The number of rotatable bonds is 4. The zero-order valence-corrected chi connectivity index (χ0v) is 15.9. The normalized spacial score (nSPS) is 14.4. The Balaban J connectivity index is 1.36. The average molecular weight is 397 g/mol. The van der Waals surface area contributed by atoms with E-state index < -0.39 is 5.97 Å². The molecule has 7 nitrogen and oxygen atoms in total. The number of aromatic amines is 1. The fourth-order valence-electron chi connectivity index (χ4n) is 3.44. The Morgan fingerprint density at radius 2 is 1.64 bits per heavy atom. The summed E-state index contributed by atoms with van der Waals surface area (Å²) in [6.45, 7) is 1.84. The average Bonchev–Trinajstić information content (AvgIpc) is 3.36. The standard InChI is InChI=1S/C20H19N3O4S/c24-18(11-13-12-21-15-4-2-1-3-14(13)15)22-7-9-23(10-8-22)19(25)16-5-6-17(28-16)20(26)27/h1-6,12,21H,7-11H2,(H,26,27). The number of carboxylic acid groups (broad SMARTS) is 1.